The van der Waals surface area contributed by atoms with Crippen molar-refractivity contribution >= 4 is 11.6 Å². The van der Waals surface area contributed by atoms with Crippen LogP contribution in [0.15, 0.2) is 18.2 Å². The molecule has 0 radical (unpaired) electrons. The summed E-state index contributed by atoms with van der Waals surface area (Å²) in [5, 5.41) is 6.75. The minimum atomic E-state index is -0.376. The third-order valence-electron chi connectivity index (χ3n) is 3.42. The van der Waals surface area contributed by atoms with Gasteiger partial charge >= 0.3 is 0 Å². The molecule has 0 aliphatic carbocycles. The van der Waals surface area contributed by atoms with Crippen LogP contribution in [-0.2, 0) is 0 Å². The molecule has 4 N–H and O–H groups in total. The zero-order valence-electron chi connectivity index (χ0n) is 10.8. The van der Waals surface area contributed by atoms with E-state index in [0.717, 1.165) is 30.9 Å². The van der Waals surface area contributed by atoms with Gasteiger partial charge in [0.1, 0.15) is 0 Å². The molecule has 0 aromatic heterocycles. The van der Waals surface area contributed by atoms with Crippen LogP contribution in [0.1, 0.15) is 28.8 Å². The Hall–Kier alpha value is -1.55. The van der Waals surface area contributed by atoms with Gasteiger partial charge in [0.05, 0.1) is 5.56 Å². The first-order valence-electron chi connectivity index (χ1n) is 6.52. The molecule has 4 nitrogen and oxygen atoms in total. The second-order valence-electron chi connectivity index (χ2n) is 5.01. The van der Waals surface area contributed by atoms with Crippen LogP contribution in [0.3, 0.4) is 0 Å². The van der Waals surface area contributed by atoms with Crippen LogP contribution >= 0.6 is 0 Å². The van der Waals surface area contributed by atoms with Crippen molar-refractivity contribution in [3.63, 3.8) is 0 Å². The monoisotopic (exact) mass is 247 g/mol. The van der Waals surface area contributed by atoms with Gasteiger partial charge in [-0.2, -0.15) is 0 Å². The van der Waals surface area contributed by atoms with Crippen molar-refractivity contribution in [3.05, 3.63) is 29.3 Å². The number of aryl methyl sites for hydroxylation is 1. The molecule has 1 saturated heterocycles. The predicted molar refractivity (Wildman–Crippen MR) is 73.8 cm³/mol. The van der Waals surface area contributed by atoms with Crippen LogP contribution in [0.4, 0.5) is 5.69 Å². The lowest BCUT2D eigenvalue weighted by molar-refractivity contribution is 0.100. The molecule has 98 valence electrons. The summed E-state index contributed by atoms with van der Waals surface area (Å²) < 4.78 is 0. The molecular weight excluding hydrogens is 226 g/mol. The number of piperidine rings is 1. The van der Waals surface area contributed by atoms with Gasteiger partial charge in [-0.15, -0.1) is 0 Å². The molecule has 2 rings (SSSR count). The number of hydrogen-bond acceptors (Lipinski definition) is 3. The van der Waals surface area contributed by atoms with Crippen molar-refractivity contribution in [1.82, 2.24) is 5.32 Å². The van der Waals surface area contributed by atoms with Gasteiger partial charge in [-0.05, 0) is 56.5 Å². The third kappa shape index (κ3) is 3.23. The number of rotatable bonds is 4. The highest BCUT2D eigenvalue weighted by molar-refractivity contribution is 5.98. The largest absolute Gasteiger partial charge is 0.384 e. The van der Waals surface area contributed by atoms with Gasteiger partial charge in [-0.3, -0.25) is 4.79 Å². The molecule has 1 atom stereocenters. The number of primary amides is 1. The van der Waals surface area contributed by atoms with Crippen LogP contribution < -0.4 is 16.4 Å². The van der Waals surface area contributed by atoms with Crippen LogP contribution in [0, 0.1) is 12.8 Å². The van der Waals surface area contributed by atoms with Crippen molar-refractivity contribution in [2.24, 2.45) is 11.7 Å². The maximum Gasteiger partial charge on any atom is 0.250 e. The minimum Gasteiger partial charge on any atom is -0.384 e. The maximum atomic E-state index is 11.4. The highest BCUT2D eigenvalue weighted by atomic mass is 16.1. The van der Waals surface area contributed by atoms with Crippen LogP contribution in [-0.4, -0.2) is 25.5 Å². The average Bonchev–Trinajstić information content (AvgIpc) is 2.37. The first-order valence-corrected chi connectivity index (χ1v) is 6.52. The second kappa shape index (κ2) is 5.87. The van der Waals surface area contributed by atoms with Gasteiger partial charge in [-0.1, -0.05) is 6.07 Å². The summed E-state index contributed by atoms with van der Waals surface area (Å²) in [6.45, 7) is 5.06. The van der Waals surface area contributed by atoms with Gasteiger partial charge in [0.15, 0.2) is 0 Å². The van der Waals surface area contributed by atoms with Crippen LogP contribution in [0.5, 0.6) is 0 Å². The standard InChI is InChI=1S/C14H21N3O/c1-10-4-5-12(14(15)18)13(7-10)17-9-11-3-2-6-16-8-11/h4-5,7,11,16-17H,2-3,6,8-9H2,1H3,(H2,15,18). The molecular formula is C14H21N3O. The number of nitrogens with one attached hydrogen (secondary N) is 2. The lowest BCUT2D eigenvalue weighted by Gasteiger charge is -2.24. The number of benzene rings is 1. The lowest BCUT2D eigenvalue weighted by atomic mass is 9.99. The summed E-state index contributed by atoms with van der Waals surface area (Å²) in [4.78, 5) is 11.4. The topological polar surface area (TPSA) is 67.2 Å². The zero-order chi connectivity index (χ0) is 13.0. The summed E-state index contributed by atoms with van der Waals surface area (Å²) in [6.07, 6.45) is 2.46. The van der Waals surface area contributed by atoms with Crippen molar-refractivity contribution < 1.29 is 4.79 Å². The summed E-state index contributed by atoms with van der Waals surface area (Å²) in [5.41, 5.74) is 7.94. The number of nitrogens with two attached hydrogens (primary N) is 1. The van der Waals surface area contributed by atoms with Crippen molar-refractivity contribution in [2.45, 2.75) is 19.8 Å². The molecule has 0 bridgehead atoms. The van der Waals surface area contributed by atoms with Crippen LogP contribution in [0.25, 0.3) is 0 Å². The normalized spacial score (nSPS) is 19.5. The molecule has 0 saturated carbocycles. The molecule has 1 aromatic rings. The van der Waals surface area contributed by atoms with Crippen molar-refractivity contribution in [3.8, 4) is 0 Å². The Morgan fingerprint density at radius 2 is 2.39 bits per heavy atom. The molecule has 1 aromatic carbocycles. The number of carbonyl (C=O) groups is 1. The van der Waals surface area contributed by atoms with Gasteiger partial charge < -0.3 is 16.4 Å². The SMILES string of the molecule is Cc1ccc(C(N)=O)c(NCC2CCCNC2)c1. The van der Waals surface area contributed by atoms with E-state index in [1.54, 1.807) is 6.07 Å². The van der Waals surface area contributed by atoms with E-state index in [0.29, 0.717) is 11.5 Å². The number of amides is 1. The predicted octanol–water partition coefficient (Wildman–Crippen LogP) is 1.51. The second-order valence-corrected chi connectivity index (χ2v) is 5.01. The molecule has 1 unspecified atom stereocenters. The summed E-state index contributed by atoms with van der Waals surface area (Å²) in [7, 11) is 0. The zero-order valence-corrected chi connectivity index (χ0v) is 10.8. The Bertz CT molecular complexity index is 425. The minimum absolute atomic E-state index is 0.376. The smallest absolute Gasteiger partial charge is 0.250 e. The molecule has 1 aliphatic rings. The number of hydrogen-bond donors (Lipinski definition) is 3. The van der Waals surface area contributed by atoms with E-state index in [2.05, 4.69) is 10.6 Å². The average molecular weight is 247 g/mol. The maximum absolute atomic E-state index is 11.4. The highest BCUT2D eigenvalue weighted by Crippen LogP contribution is 2.19. The fraction of sp³-hybridized carbons (Fsp3) is 0.500. The third-order valence-corrected chi connectivity index (χ3v) is 3.42. The molecule has 1 heterocycles. The molecule has 1 fully saturated rings. The van der Waals surface area contributed by atoms with Gasteiger partial charge in [0.2, 0.25) is 0 Å². The Morgan fingerprint density at radius 3 is 3.06 bits per heavy atom. The number of carbonyl (C=O) groups excluding carboxylic acids is 1. The van der Waals surface area contributed by atoms with E-state index in [1.807, 2.05) is 19.1 Å². The van der Waals surface area contributed by atoms with E-state index < -0.39 is 0 Å². The molecule has 1 amide bonds. The Balaban J connectivity index is 2.03. The highest BCUT2D eigenvalue weighted by Gasteiger charge is 2.14. The van der Waals surface area contributed by atoms with E-state index in [1.165, 1.54) is 12.8 Å². The van der Waals surface area contributed by atoms with E-state index in [4.69, 9.17) is 5.73 Å². The van der Waals surface area contributed by atoms with Gasteiger partial charge in [-0.25, -0.2) is 0 Å². The first kappa shape index (κ1) is 12.9. The molecule has 4 heteroatoms. The summed E-state index contributed by atoms with van der Waals surface area (Å²) >= 11 is 0. The fourth-order valence-electron chi connectivity index (χ4n) is 2.37. The Labute approximate surface area is 108 Å². The fourth-order valence-corrected chi connectivity index (χ4v) is 2.37. The summed E-state index contributed by atoms with van der Waals surface area (Å²) in [6, 6.07) is 5.68. The van der Waals surface area contributed by atoms with Gasteiger partial charge in [0.25, 0.3) is 5.91 Å². The Kier molecular flexibility index (Phi) is 4.20. The van der Waals surface area contributed by atoms with E-state index in [-0.39, 0.29) is 5.91 Å². The quantitative estimate of drug-likeness (QED) is 0.755. The molecule has 18 heavy (non-hydrogen) atoms. The first-order chi connectivity index (χ1) is 8.66. The van der Waals surface area contributed by atoms with E-state index >= 15 is 0 Å². The van der Waals surface area contributed by atoms with Crippen LogP contribution in [0.2, 0.25) is 0 Å². The summed E-state index contributed by atoms with van der Waals surface area (Å²) in [5.74, 6) is 0.249. The van der Waals surface area contributed by atoms with Crippen molar-refractivity contribution in [2.75, 3.05) is 25.0 Å². The number of anilines is 1. The molecule has 0 spiro atoms. The lowest BCUT2D eigenvalue weighted by Crippen LogP contribution is -2.33. The molecule has 1 aliphatic heterocycles. The van der Waals surface area contributed by atoms with Gasteiger partial charge in [0, 0.05) is 12.2 Å². The van der Waals surface area contributed by atoms with E-state index in [9.17, 15) is 4.79 Å². The van der Waals surface area contributed by atoms with Crippen molar-refractivity contribution in [1.29, 1.82) is 0 Å². The Morgan fingerprint density at radius 1 is 1.56 bits per heavy atom.